The van der Waals surface area contributed by atoms with Crippen molar-refractivity contribution in [1.29, 1.82) is 0 Å². The van der Waals surface area contributed by atoms with Crippen molar-refractivity contribution in [3.63, 3.8) is 0 Å². The minimum absolute atomic E-state index is 0.225. The first-order valence-corrected chi connectivity index (χ1v) is 8.49. The summed E-state index contributed by atoms with van der Waals surface area (Å²) in [5.74, 6) is -1.54. The number of nitrogens with zero attached hydrogens (tertiary/aromatic N) is 1. The van der Waals surface area contributed by atoms with Crippen LogP contribution in [0.15, 0.2) is 29.6 Å². The van der Waals surface area contributed by atoms with Gasteiger partial charge in [-0.2, -0.15) is 0 Å². The lowest BCUT2D eigenvalue weighted by atomic mass is 10.0. The average molecular weight is 330 g/mol. The van der Waals surface area contributed by atoms with Crippen LogP contribution in [-0.4, -0.2) is 28.0 Å². The molecule has 0 bridgehead atoms. The topological polar surface area (TPSA) is 79.3 Å². The van der Waals surface area contributed by atoms with E-state index in [1.54, 1.807) is 23.5 Å². The molecule has 120 valence electrons. The summed E-state index contributed by atoms with van der Waals surface area (Å²) in [6.07, 6.45) is 2.17. The van der Waals surface area contributed by atoms with Crippen molar-refractivity contribution in [3.8, 4) is 11.3 Å². The lowest BCUT2D eigenvalue weighted by Crippen LogP contribution is -2.40. The maximum Gasteiger partial charge on any atom is 0.308 e. The molecule has 1 aliphatic rings. The van der Waals surface area contributed by atoms with Gasteiger partial charge in [-0.05, 0) is 31.9 Å². The Morgan fingerprint density at radius 3 is 2.87 bits per heavy atom. The van der Waals surface area contributed by atoms with Crippen LogP contribution < -0.4 is 5.32 Å². The Labute approximate surface area is 138 Å². The van der Waals surface area contributed by atoms with Gasteiger partial charge in [-0.3, -0.25) is 9.59 Å². The Morgan fingerprint density at radius 2 is 2.17 bits per heavy atom. The second kappa shape index (κ2) is 6.50. The van der Waals surface area contributed by atoms with E-state index >= 15 is 0 Å². The van der Waals surface area contributed by atoms with Crippen LogP contribution in [-0.2, 0) is 4.79 Å². The van der Waals surface area contributed by atoms with Crippen LogP contribution in [0.3, 0.4) is 0 Å². The number of rotatable bonds is 4. The number of hydrogen-bond donors (Lipinski definition) is 2. The van der Waals surface area contributed by atoms with Gasteiger partial charge in [0.1, 0.15) is 0 Å². The first-order chi connectivity index (χ1) is 11.0. The number of amides is 1. The molecule has 5 nitrogen and oxygen atoms in total. The first-order valence-electron chi connectivity index (χ1n) is 7.61. The zero-order chi connectivity index (χ0) is 16.4. The van der Waals surface area contributed by atoms with Gasteiger partial charge in [0.2, 0.25) is 0 Å². The summed E-state index contributed by atoms with van der Waals surface area (Å²) >= 11 is 1.57. The summed E-state index contributed by atoms with van der Waals surface area (Å²) in [5, 5.41) is 15.0. The normalized spacial score (nSPS) is 20.4. The third kappa shape index (κ3) is 3.42. The number of carboxylic acids is 1. The van der Waals surface area contributed by atoms with E-state index in [-0.39, 0.29) is 11.9 Å². The molecule has 2 aromatic rings. The van der Waals surface area contributed by atoms with E-state index in [4.69, 9.17) is 0 Å². The molecule has 0 spiro atoms. The second-order valence-corrected chi connectivity index (χ2v) is 6.85. The van der Waals surface area contributed by atoms with Gasteiger partial charge in [0.05, 0.1) is 16.6 Å². The third-order valence-electron chi connectivity index (χ3n) is 4.19. The van der Waals surface area contributed by atoms with Gasteiger partial charge in [-0.25, -0.2) is 4.98 Å². The Morgan fingerprint density at radius 1 is 1.35 bits per heavy atom. The molecule has 2 N–H and O–H groups in total. The van der Waals surface area contributed by atoms with Crippen molar-refractivity contribution in [2.24, 2.45) is 5.92 Å². The summed E-state index contributed by atoms with van der Waals surface area (Å²) in [5.41, 5.74) is 2.28. The summed E-state index contributed by atoms with van der Waals surface area (Å²) < 4.78 is 0. The zero-order valence-electron chi connectivity index (χ0n) is 12.8. The zero-order valence-corrected chi connectivity index (χ0v) is 13.6. The van der Waals surface area contributed by atoms with Gasteiger partial charge in [0.25, 0.3) is 5.91 Å². The van der Waals surface area contributed by atoms with E-state index in [9.17, 15) is 14.7 Å². The van der Waals surface area contributed by atoms with Gasteiger partial charge in [-0.1, -0.05) is 18.6 Å². The van der Waals surface area contributed by atoms with Gasteiger partial charge in [0, 0.05) is 22.5 Å². The predicted octanol–water partition coefficient (Wildman–Crippen LogP) is 3.10. The number of aliphatic carboxylic acids is 1. The van der Waals surface area contributed by atoms with E-state index in [0.717, 1.165) is 22.7 Å². The lowest BCUT2D eigenvalue weighted by molar-refractivity contribution is -0.142. The van der Waals surface area contributed by atoms with E-state index in [1.165, 1.54) is 0 Å². The minimum atomic E-state index is -0.834. The molecule has 2 atom stereocenters. The van der Waals surface area contributed by atoms with E-state index in [2.05, 4.69) is 10.3 Å². The highest BCUT2D eigenvalue weighted by Crippen LogP contribution is 2.27. The Kier molecular flexibility index (Phi) is 4.43. The van der Waals surface area contributed by atoms with Crippen LogP contribution in [0.25, 0.3) is 11.3 Å². The number of carbonyl (C=O) groups is 2. The Hall–Kier alpha value is -2.21. The van der Waals surface area contributed by atoms with Crippen molar-refractivity contribution in [1.82, 2.24) is 10.3 Å². The fraction of sp³-hybridized carbons (Fsp3) is 0.353. The van der Waals surface area contributed by atoms with Crippen molar-refractivity contribution in [2.75, 3.05) is 0 Å². The first kappa shape index (κ1) is 15.7. The lowest BCUT2D eigenvalue weighted by Gasteiger charge is -2.17. The molecule has 0 unspecified atom stereocenters. The number of hydrogen-bond acceptors (Lipinski definition) is 4. The molecule has 1 aromatic heterocycles. The highest BCUT2D eigenvalue weighted by molar-refractivity contribution is 7.09. The molecular weight excluding hydrogens is 312 g/mol. The number of carbonyl (C=O) groups excluding carboxylic acids is 1. The average Bonchev–Trinajstić information content (AvgIpc) is 3.16. The number of nitrogens with one attached hydrogen (secondary N) is 1. The maximum atomic E-state index is 12.4. The number of benzene rings is 1. The molecule has 0 radical (unpaired) electrons. The second-order valence-electron chi connectivity index (χ2n) is 5.79. The quantitative estimate of drug-likeness (QED) is 0.903. The monoisotopic (exact) mass is 330 g/mol. The fourth-order valence-electron chi connectivity index (χ4n) is 3.00. The van der Waals surface area contributed by atoms with Crippen molar-refractivity contribution in [2.45, 2.75) is 32.2 Å². The Balaban J connectivity index is 1.76. The van der Waals surface area contributed by atoms with E-state index in [0.29, 0.717) is 18.4 Å². The minimum Gasteiger partial charge on any atom is -0.481 e. The number of thiazole rings is 1. The summed E-state index contributed by atoms with van der Waals surface area (Å²) in [6, 6.07) is 6.99. The predicted molar refractivity (Wildman–Crippen MR) is 88.5 cm³/mol. The Bertz CT molecular complexity index is 741. The van der Waals surface area contributed by atoms with Gasteiger partial charge < -0.3 is 10.4 Å². The van der Waals surface area contributed by atoms with Crippen LogP contribution in [0.1, 0.15) is 34.6 Å². The molecule has 1 heterocycles. The van der Waals surface area contributed by atoms with Crippen molar-refractivity contribution >= 4 is 23.2 Å². The van der Waals surface area contributed by atoms with Gasteiger partial charge in [-0.15, -0.1) is 11.3 Å². The molecule has 1 aliphatic carbocycles. The number of aromatic nitrogens is 1. The molecule has 0 saturated heterocycles. The van der Waals surface area contributed by atoms with Crippen LogP contribution in [0.5, 0.6) is 0 Å². The molecule has 6 heteroatoms. The summed E-state index contributed by atoms with van der Waals surface area (Å²) in [6.45, 7) is 1.94. The maximum absolute atomic E-state index is 12.4. The fourth-order valence-corrected chi connectivity index (χ4v) is 3.62. The summed E-state index contributed by atoms with van der Waals surface area (Å²) in [4.78, 5) is 28.1. The molecule has 3 rings (SSSR count). The molecule has 1 fully saturated rings. The largest absolute Gasteiger partial charge is 0.481 e. The molecule has 1 amide bonds. The van der Waals surface area contributed by atoms with E-state index < -0.39 is 11.9 Å². The number of aryl methyl sites for hydroxylation is 1. The molecule has 0 aliphatic heterocycles. The van der Waals surface area contributed by atoms with Crippen LogP contribution in [0.2, 0.25) is 0 Å². The molecule has 23 heavy (non-hydrogen) atoms. The van der Waals surface area contributed by atoms with Crippen molar-refractivity contribution in [3.05, 3.63) is 40.2 Å². The highest BCUT2D eigenvalue weighted by atomic mass is 32.1. The van der Waals surface area contributed by atoms with Crippen LogP contribution in [0.4, 0.5) is 0 Å². The van der Waals surface area contributed by atoms with Gasteiger partial charge >= 0.3 is 5.97 Å². The molecule has 1 aromatic carbocycles. The third-order valence-corrected chi connectivity index (χ3v) is 4.96. The highest BCUT2D eigenvalue weighted by Gasteiger charge is 2.34. The van der Waals surface area contributed by atoms with Crippen LogP contribution >= 0.6 is 11.3 Å². The van der Waals surface area contributed by atoms with Crippen LogP contribution in [0, 0.1) is 12.8 Å². The van der Waals surface area contributed by atoms with Crippen molar-refractivity contribution < 1.29 is 14.7 Å². The van der Waals surface area contributed by atoms with Gasteiger partial charge in [0.15, 0.2) is 0 Å². The standard InChI is InChI=1S/C17H18N2O3S/c1-10-18-15(9-23-10)11-4-2-5-12(8-11)16(20)19-14-7-3-6-13(14)17(21)22/h2,4-5,8-9,13-14H,3,6-7H2,1H3,(H,19,20)(H,21,22)/t13-,14+/m0/s1. The molecular formula is C17H18N2O3S. The van der Waals surface area contributed by atoms with E-state index in [1.807, 2.05) is 24.4 Å². The SMILES string of the molecule is Cc1nc(-c2cccc(C(=O)N[C@@H]3CCC[C@@H]3C(=O)O)c2)cs1. The molecule has 1 saturated carbocycles. The summed E-state index contributed by atoms with van der Waals surface area (Å²) in [7, 11) is 0. The number of carboxylic acid groups (broad SMARTS) is 1. The smallest absolute Gasteiger partial charge is 0.308 e.